The molecule has 0 saturated carbocycles. The van der Waals surface area contributed by atoms with Gasteiger partial charge in [-0.2, -0.15) is 11.8 Å². The first-order valence-electron chi connectivity index (χ1n) is 5.58. The lowest BCUT2D eigenvalue weighted by molar-refractivity contribution is 0.296. The smallest absolute Gasteiger partial charge is 0.129 e. The number of aliphatic hydroxyl groups is 1. The van der Waals surface area contributed by atoms with Gasteiger partial charge in [0.2, 0.25) is 0 Å². The van der Waals surface area contributed by atoms with Gasteiger partial charge in [0.15, 0.2) is 0 Å². The monoisotopic (exact) mass is 277 g/mol. The second-order valence-corrected chi connectivity index (χ2v) is 5.20. The van der Waals surface area contributed by atoms with Gasteiger partial charge in [-0.25, -0.2) is 4.39 Å². The highest BCUT2D eigenvalue weighted by Gasteiger charge is 2.05. The molecule has 0 radical (unpaired) electrons. The first-order valence-corrected chi connectivity index (χ1v) is 7.11. The van der Waals surface area contributed by atoms with Crippen LogP contribution in [-0.2, 0) is 6.54 Å². The van der Waals surface area contributed by atoms with E-state index in [1.54, 1.807) is 23.9 Å². The van der Waals surface area contributed by atoms with Crippen LogP contribution in [0.5, 0.6) is 0 Å². The number of halogens is 2. The fraction of sp³-hybridized carbons (Fsp3) is 0.500. The lowest BCUT2D eigenvalue weighted by Gasteiger charge is -2.07. The van der Waals surface area contributed by atoms with Crippen LogP contribution in [0.25, 0.3) is 0 Å². The second-order valence-electron chi connectivity index (χ2n) is 3.57. The summed E-state index contributed by atoms with van der Waals surface area (Å²) in [4.78, 5) is 0. The number of thioether (sulfide) groups is 1. The van der Waals surface area contributed by atoms with Gasteiger partial charge in [-0.15, -0.1) is 0 Å². The average molecular weight is 278 g/mol. The van der Waals surface area contributed by atoms with E-state index in [1.807, 2.05) is 0 Å². The third-order valence-corrected chi connectivity index (χ3v) is 3.66. The van der Waals surface area contributed by atoms with Crippen molar-refractivity contribution >= 4 is 23.4 Å². The average Bonchev–Trinajstić information content (AvgIpc) is 2.31. The number of aliphatic hydroxyl groups excluding tert-OH is 1. The summed E-state index contributed by atoms with van der Waals surface area (Å²) in [5.74, 6) is 1.64. The summed E-state index contributed by atoms with van der Waals surface area (Å²) in [5.41, 5.74) is 0.523. The Morgan fingerprint density at radius 2 is 2.18 bits per heavy atom. The quantitative estimate of drug-likeness (QED) is 0.717. The fourth-order valence-corrected chi connectivity index (χ4v) is 2.38. The van der Waals surface area contributed by atoms with Crippen molar-refractivity contribution in [3.63, 3.8) is 0 Å². The van der Waals surface area contributed by atoms with E-state index >= 15 is 0 Å². The molecule has 5 heteroatoms. The SMILES string of the molecule is OCCCSCCNCc1c(F)cccc1Cl. The molecule has 0 heterocycles. The third-order valence-electron chi connectivity index (χ3n) is 2.23. The standard InChI is InChI=1S/C12H17ClFNOS/c13-11-3-1-4-12(14)10(11)9-15-5-8-17-7-2-6-16/h1,3-4,15-16H,2,5-9H2. The molecule has 1 aromatic carbocycles. The minimum Gasteiger partial charge on any atom is -0.396 e. The summed E-state index contributed by atoms with van der Waals surface area (Å²) in [6.45, 7) is 1.50. The van der Waals surface area contributed by atoms with Gasteiger partial charge in [0.25, 0.3) is 0 Å². The Balaban J connectivity index is 2.18. The highest BCUT2D eigenvalue weighted by molar-refractivity contribution is 7.99. The van der Waals surface area contributed by atoms with Gasteiger partial charge in [0.1, 0.15) is 5.82 Å². The third kappa shape index (κ3) is 5.73. The molecule has 0 aliphatic carbocycles. The van der Waals surface area contributed by atoms with E-state index in [-0.39, 0.29) is 12.4 Å². The van der Waals surface area contributed by atoms with Crippen LogP contribution in [0.1, 0.15) is 12.0 Å². The van der Waals surface area contributed by atoms with Gasteiger partial charge in [0, 0.05) is 36.0 Å². The van der Waals surface area contributed by atoms with E-state index in [9.17, 15) is 4.39 Å². The molecule has 0 saturated heterocycles. The van der Waals surface area contributed by atoms with Crippen LogP contribution in [0.3, 0.4) is 0 Å². The topological polar surface area (TPSA) is 32.3 Å². The minimum absolute atomic E-state index is 0.241. The van der Waals surface area contributed by atoms with Gasteiger partial charge in [-0.05, 0) is 24.3 Å². The molecule has 0 aliphatic rings. The van der Waals surface area contributed by atoms with Gasteiger partial charge in [-0.3, -0.25) is 0 Å². The second kappa shape index (κ2) is 8.75. The first kappa shape index (κ1) is 14.8. The van der Waals surface area contributed by atoms with E-state index in [4.69, 9.17) is 16.7 Å². The molecule has 0 aromatic heterocycles. The molecule has 0 amide bonds. The maximum absolute atomic E-state index is 13.4. The summed E-state index contributed by atoms with van der Waals surface area (Å²) < 4.78 is 13.4. The van der Waals surface area contributed by atoms with E-state index in [0.717, 1.165) is 24.5 Å². The molecule has 0 aliphatic heterocycles. The molecule has 2 nitrogen and oxygen atoms in total. The minimum atomic E-state index is -0.266. The molecule has 17 heavy (non-hydrogen) atoms. The lowest BCUT2D eigenvalue weighted by Crippen LogP contribution is -2.17. The molecule has 1 rings (SSSR count). The Kier molecular flexibility index (Phi) is 7.60. The molecule has 0 atom stereocenters. The van der Waals surface area contributed by atoms with E-state index in [0.29, 0.717) is 17.1 Å². The zero-order valence-corrected chi connectivity index (χ0v) is 11.2. The van der Waals surface area contributed by atoms with E-state index in [1.165, 1.54) is 6.07 Å². The van der Waals surface area contributed by atoms with Gasteiger partial charge >= 0.3 is 0 Å². The van der Waals surface area contributed by atoms with Crippen LogP contribution in [0, 0.1) is 5.82 Å². The van der Waals surface area contributed by atoms with Crippen LogP contribution in [0.15, 0.2) is 18.2 Å². The van der Waals surface area contributed by atoms with Crippen molar-refractivity contribution in [2.45, 2.75) is 13.0 Å². The number of benzene rings is 1. The molecule has 0 spiro atoms. The first-order chi connectivity index (χ1) is 8.25. The van der Waals surface area contributed by atoms with Crippen molar-refractivity contribution in [2.24, 2.45) is 0 Å². The Hall–Kier alpha value is -0.290. The molecule has 0 unspecified atom stereocenters. The van der Waals surface area contributed by atoms with Crippen molar-refractivity contribution < 1.29 is 9.50 Å². The largest absolute Gasteiger partial charge is 0.396 e. The van der Waals surface area contributed by atoms with Crippen molar-refractivity contribution in [3.8, 4) is 0 Å². The lowest BCUT2D eigenvalue weighted by atomic mass is 10.2. The number of rotatable bonds is 8. The van der Waals surface area contributed by atoms with Crippen LogP contribution in [0.2, 0.25) is 5.02 Å². The molecule has 96 valence electrons. The summed E-state index contributed by atoms with van der Waals surface area (Å²) in [6.07, 6.45) is 0.823. The highest BCUT2D eigenvalue weighted by atomic mass is 35.5. The van der Waals surface area contributed by atoms with Crippen LogP contribution in [-0.4, -0.2) is 29.8 Å². The Morgan fingerprint density at radius 1 is 1.35 bits per heavy atom. The predicted molar refractivity (Wildman–Crippen MR) is 72.1 cm³/mol. The molecule has 2 N–H and O–H groups in total. The molecule has 1 aromatic rings. The summed E-state index contributed by atoms with van der Waals surface area (Å²) in [6, 6.07) is 4.71. The Morgan fingerprint density at radius 3 is 2.88 bits per heavy atom. The zero-order valence-electron chi connectivity index (χ0n) is 9.59. The highest BCUT2D eigenvalue weighted by Crippen LogP contribution is 2.18. The molecular formula is C12H17ClFNOS. The van der Waals surface area contributed by atoms with E-state index in [2.05, 4.69) is 5.32 Å². The van der Waals surface area contributed by atoms with Crippen molar-refractivity contribution in [1.29, 1.82) is 0 Å². The van der Waals surface area contributed by atoms with Gasteiger partial charge < -0.3 is 10.4 Å². The number of nitrogens with one attached hydrogen (secondary N) is 1. The molecule has 0 bridgehead atoms. The normalized spacial score (nSPS) is 10.8. The van der Waals surface area contributed by atoms with Crippen LogP contribution in [0.4, 0.5) is 4.39 Å². The van der Waals surface area contributed by atoms with E-state index < -0.39 is 0 Å². The van der Waals surface area contributed by atoms with Crippen molar-refractivity contribution in [1.82, 2.24) is 5.32 Å². The predicted octanol–water partition coefficient (Wildman–Crippen LogP) is 2.68. The fourth-order valence-electron chi connectivity index (χ4n) is 1.33. The maximum Gasteiger partial charge on any atom is 0.129 e. The van der Waals surface area contributed by atoms with Gasteiger partial charge in [0.05, 0.1) is 0 Å². The van der Waals surface area contributed by atoms with Crippen molar-refractivity contribution in [3.05, 3.63) is 34.6 Å². The van der Waals surface area contributed by atoms with Crippen LogP contribution >= 0.6 is 23.4 Å². The number of hydrogen-bond acceptors (Lipinski definition) is 3. The molecule has 0 fully saturated rings. The summed E-state index contributed by atoms with van der Waals surface area (Å²) in [5, 5.41) is 12.2. The number of hydrogen-bond donors (Lipinski definition) is 2. The van der Waals surface area contributed by atoms with Gasteiger partial charge in [-0.1, -0.05) is 17.7 Å². The summed E-state index contributed by atoms with van der Waals surface area (Å²) in [7, 11) is 0. The summed E-state index contributed by atoms with van der Waals surface area (Å²) >= 11 is 7.67. The van der Waals surface area contributed by atoms with Crippen LogP contribution < -0.4 is 5.32 Å². The Labute approximate surface area is 111 Å². The maximum atomic E-state index is 13.4. The zero-order chi connectivity index (χ0) is 12.5. The van der Waals surface area contributed by atoms with Crippen molar-refractivity contribution in [2.75, 3.05) is 24.7 Å². The molecular weight excluding hydrogens is 261 g/mol. The Bertz CT molecular complexity index is 318.